The van der Waals surface area contributed by atoms with Crippen molar-refractivity contribution in [3.8, 4) is 0 Å². The first-order valence-corrected chi connectivity index (χ1v) is 7.19. The van der Waals surface area contributed by atoms with Crippen LogP contribution in [0.1, 0.15) is 71.1 Å². The van der Waals surface area contributed by atoms with Gasteiger partial charge in [0.05, 0.1) is 0 Å². The third-order valence-corrected chi connectivity index (χ3v) is 2.90. The second-order valence-electron chi connectivity index (χ2n) is 4.64. The van der Waals surface area contributed by atoms with Crippen molar-refractivity contribution in [2.24, 2.45) is 0 Å². The Bertz CT molecular complexity index is 139. The lowest BCUT2D eigenvalue weighted by molar-refractivity contribution is -0.144. The highest BCUT2D eigenvalue weighted by Gasteiger charge is 2.05. The molecule has 0 aliphatic rings. The Morgan fingerprint density at radius 2 is 1.59 bits per heavy atom. The molecular formula is C14H29O3. The molecule has 0 amide bonds. The van der Waals surface area contributed by atoms with Gasteiger partial charge in [0, 0.05) is 19.6 Å². The summed E-state index contributed by atoms with van der Waals surface area (Å²) in [6, 6.07) is 0. The van der Waals surface area contributed by atoms with Gasteiger partial charge in [0.15, 0.2) is 6.29 Å². The highest BCUT2D eigenvalue weighted by Crippen LogP contribution is 2.09. The zero-order valence-electron chi connectivity index (χ0n) is 11.3. The van der Waals surface area contributed by atoms with Gasteiger partial charge in [0.1, 0.15) is 0 Å². The summed E-state index contributed by atoms with van der Waals surface area (Å²) in [5.74, 6) is 0. The Morgan fingerprint density at radius 3 is 2.29 bits per heavy atom. The van der Waals surface area contributed by atoms with E-state index < -0.39 is 6.29 Å². The molecule has 3 nitrogen and oxygen atoms in total. The lowest BCUT2D eigenvalue weighted by atomic mass is 10.1. The van der Waals surface area contributed by atoms with Crippen molar-refractivity contribution in [2.75, 3.05) is 13.2 Å². The van der Waals surface area contributed by atoms with E-state index in [9.17, 15) is 5.11 Å². The molecule has 0 aromatic carbocycles. The van der Waals surface area contributed by atoms with Gasteiger partial charge in [0.25, 0.3) is 0 Å². The van der Waals surface area contributed by atoms with Crippen LogP contribution in [0.15, 0.2) is 0 Å². The highest BCUT2D eigenvalue weighted by atomic mass is 16.6. The van der Waals surface area contributed by atoms with Gasteiger partial charge >= 0.3 is 0 Å². The van der Waals surface area contributed by atoms with Gasteiger partial charge in [-0.2, -0.15) is 0 Å². The Labute approximate surface area is 106 Å². The predicted molar refractivity (Wildman–Crippen MR) is 69.4 cm³/mol. The number of ether oxygens (including phenoxy) is 1. The van der Waals surface area contributed by atoms with Crippen molar-refractivity contribution in [2.45, 2.75) is 77.4 Å². The predicted octanol–water partition coefficient (Wildman–Crippen LogP) is 3.67. The van der Waals surface area contributed by atoms with Crippen molar-refractivity contribution < 1.29 is 14.9 Å². The van der Waals surface area contributed by atoms with Gasteiger partial charge in [-0.05, 0) is 19.3 Å². The minimum absolute atomic E-state index is 0.283. The van der Waals surface area contributed by atoms with Crippen LogP contribution in [0.5, 0.6) is 0 Å². The normalized spacial score (nSPS) is 12.9. The molecule has 0 aromatic heterocycles. The fourth-order valence-corrected chi connectivity index (χ4v) is 1.78. The zero-order chi connectivity index (χ0) is 12.8. The van der Waals surface area contributed by atoms with Crippen molar-refractivity contribution >= 4 is 0 Å². The first-order valence-electron chi connectivity index (χ1n) is 7.19. The van der Waals surface area contributed by atoms with Gasteiger partial charge in [-0.1, -0.05) is 45.4 Å². The number of rotatable bonds is 13. The van der Waals surface area contributed by atoms with E-state index in [1.807, 2.05) is 0 Å². The summed E-state index contributed by atoms with van der Waals surface area (Å²) >= 11 is 0. The van der Waals surface area contributed by atoms with E-state index in [1.54, 1.807) is 0 Å². The van der Waals surface area contributed by atoms with Crippen LogP contribution in [0.2, 0.25) is 0 Å². The fraction of sp³-hybridized carbons (Fsp3) is 1.00. The molecule has 3 heteroatoms. The van der Waals surface area contributed by atoms with Crippen LogP contribution in [0.3, 0.4) is 0 Å². The SMILES string of the molecule is CCCCCCOC([O])CCCCCCCO. The standard InChI is InChI=1S/C14H29O3/c1-2-3-4-10-13-17-14(16)11-8-6-5-7-9-12-15/h14-15H,2-13H2,1H3. The van der Waals surface area contributed by atoms with E-state index >= 15 is 0 Å². The van der Waals surface area contributed by atoms with E-state index in [0.29, 0.717) is 13.0 Å². The fourth-order valence-electron chi connectivity index (χ4n) is 1.78. The van der Waals surface area contributed by atoms with E-state index in [1.165, 1.54) is 19.3 Å². The van der Waals surface area contributed by atoms with Crippen molar-refractivity contribution in [1.29, 1.82) is 0 Å². The summed E-state index contributed by atoms with van der Waals surface area (Å²) in [7, 11) is 0. The molecule has 0 aliphatic carbocycles. The van der Waals surface area contributed by atoms with E-state index in [0.717, 1.165) is 38.5 Å². The van der Waals surface area contributed by atoms with Crippen LogP contribution in [0, 0.1) is 0 Å². The first kappa shape index (κ1) is 16.9. The molecule has 103 valence electrons. The summed E-state index contributed by atoms with van der Waals surface area (Å²) < 4.78 is 5.22. The molecule has 1 atom stereocenters. The molecule has 0 spiro atoms. The number of aliphatic hydroxyl groups excluding tert-OH is 1. The highest BCUT2D eigenvalue weighted by molar-refractivity contribution is 4.48. The smallest absolute Gasteiger partial charge is 0.191 e. The maximum absolute atomic E-state index is 11.4. The van der Waals surface area contributed by atoms with Gasteiger partial charge in [0.2, 0.25) is 0 Å². The minimum Gasteiger partial charge on any atom is -0.396 e. The van der Waals surface area contributed by atoms with Crippen LogP contribution in [0.25, 0.3) is 0 Å². The monoisotopic (exact) mass is 245 g/mol. The number of hydrogen-bond acceptors (Lipinski definition) is 2. The topological polar surface area (TPSA) is 49.4 Å². The van der Waals surface area contributed by atoms with Crippen LogP contribution >= 0.6 is 0 Å². The molecule has 1 radical (unpaired) electrons. The molecule has 0 saturated heterocycles. The summed E-state index contributed by atoms with van der Waals surface area (Å²) in [6.45, 7) is 3.08. The lowest BCUT2D eigenvalue weighted by Crippen LogP contribution is -2.11. The summed E-state index contributed by atoms with van der Waals surface area (Å²) in [6.07, 6.45) is 9.55. The van der Waals surface area contributed by atoms with E-state index in [-0.39, 0.29) is 6.61 Å². The summed E-state index contributed by atoms with van der Waals surface area (Å²) in [5, 5.41) is 20.0. The van der Waals surface area contributed by atoms with Gasteiger partial charge in [-0.3, -0.25) is 0 Å². The molecule has 0 fully saturated rings. The first-order chi connectivity index (χ1) is 8.31. The molecular weight excluding hydrogens is 216 g/mol. The average molecular weight is 245 g/mol. The number of unbranched alkanes of at least 4 members (excludes halogenated alkanes) is 7. The Kier molecular flexibility index (Phi) is 13.8. The van der Waals surface area contributed by atoms with Crippen molar-refractivity contribution in [3.63, 3.8) is 0 Å². The van der Waals surface area contributed by atoms with Crippen LogP contribution < -0.4 is 0 Å². The molecule has 0 saturated carbocycles. The van der Waals surface area contributed by atoms with Crippen LogP contribution in [0.4, 0.5) is 0 Å². The third-order valence-electron chi connectivity index (χ3n) is 2.90. The molecule has 17 heavy (non-hydrogen) atoms. The number of hydrogen-bond donors (Lipinski definition) is 1. The van der Waals surface area contributed by atoms with E-state index in [2.05, 4.69) is 6.92 Å². The molecule has 0 heterocycles. The second kappa shape index (κ2) is 13.9. The van der Waals surface area contributed by atoms with Gasteiger partial charge in [-0.15, -0.1) is 0 Å². The summed E-state index contributed by atoms with van der Waals surface area (Å²) in [5.41, 5.74) is 0. The number of aliphatic hydroxyl groups is 1. The molecule has 0 aromatic rings. The summed E-state index contributed by atoms with van der Waals surface area (Å²) in [4.78, 5) is 0. The maximum Gasteiger partial charge on any atom is 0.191 e. The lowest BCUT2D eigenvalue weighted by Gasteiger charge is -2.09. The quantitative estimate of drug-likeness (QED) is 0.397. The zero-order valence-corrected chi connectivity index (χ0v) is 11.3. The van der Waals surface area contributed by atoms with Crippen LogP contribution in [-0.4, -0.2) is 24.6 Å². The van der Waals surface area contributed by atoms with Crippen molar-refractivity contribution in [1.82, 2.24) is 0 Å². The Balaban J connectivity index is 3.09. The average Bonchev–Trinajstić information content (AvgIpc) is 2.33. The Morgan fingerprint density at radius 1 is 0.941 bits per heavy atom. The second-order valence-corrected chi connectivity index (χ2v) is 4.64. The minimum atomic E-state index is -0.825. The van der Waals surface area contributed by atoms with E-state index in [4.69, 9.17) is 9.84 Å². The molecule has 1 N–H and O–H groups in total. The molecule has 0 bridgehead atoms. The molecule has 1 unspecified atom stereocenters. The Hall–Kier alpha value is -0.120. The third kappa shape index (κ3) is 13.8. The molecule has 0 rings (SSSR count). The molecule has 0 aliphatic heterocycles. The van der Waals surface area contributed by atoms with Crippen molar-refractivity contribution in [3.05, 3.63) is 0 Å². The maximum atomic E-state index is 11.4. The largest absolute Gasteiger partial charge is 0.396 e. The van der Waals surface area contributed by atoms with Gasteiger partial charge in [-0.25, -0.2) is 5.11 Å². The van der Waals surface area contributed by atoms with Gasteiger partial charge < -0.3 is 9.84 Å². The van der Waals surface area contributed by atoms with Crippen LogP contribution in [-0.2, 0) is 9.84 Å².